The lowest BCUT2D eigenvalue weighted by Gasteiger charge is -1.98. The molecule has 0 atom stereocenters. The fourth-order valence-electron chi connectivity index (χ4n) is 1.18. The Kier molecular flexibility index (Phi) is 3.60. The van der Waals surface area contributed by atoms with Crippen LogP contribution in [0.4, 0.5) is 0 Å². The maximum Gasteiger partial charge on any atom is 0.149 e. The summed E-state index contributed by atoms with van der Waals surface area (Å²) in [7, 11) is 0. The Bertz CT molecular complexity index is 356. The number of thioether (sulfide) groups is 1. The van der Waals surface area contributed by atoms with Gasteiger partial charge in [0.05, 0.1) is 0 Å². The van der Waals surface area contributed by atoms with Crippen molar-refractivity contribution in [1.29, 1.82) is 0 Å². The van der Waals surface area contributed by atoms with Crippen LogP contribution in [0.3, 0.4) is 0 Å². The van der Waals surface area contributed by atoms with Gasteiger partial charge in [0.15, 0.2) is 0 Å². The van der Waals surface area contributed by atoms with Gasteiger partial charge in [0.1, 0.15) is 4.34 Å². The Balaban J connectivity index is 1.79. The SMILES string of the molecule is c1ccc(CCSc2nccs2)cc1. The summed E-state index contributed by atoms with van der Waals surface area (Å²) in [5.74, 6) is 1.11. The monoisotopic (exact) mass is 221 g/mol. The molecule has 0 amide bonds. The maximum atomic E-state index is 4.23. The molecule has 1 heterocycles. The molecule has 0 saturated heterocycles. The molecule has 1 aromatic carbocycles. The number of rotatable bonds is 4. The van der Waals surface area contributed by atoms with Gasteiger partial charge in [-0.2, -0.15) is 0 Å². The van der Waals surface area contributed by atoms with E-state index in [-0.39, 0.29) is 0 Å². The molecule has 0 bridgehead atoms. The van der Waals surface area contributed by atoms with E-state index < -0.39 is 0 Å². The summed E-state index contributed by atoms with van der Waals surface area (Å²) in [6.45, 7) is 0. The van der Waals surface area contributed by atoms with E-state index in [0.717, 1.165) is 12.2 Å². The molecule has 0 unspecified atom stereocenters. The third-order valence-electron chi connectivity index (χ3n) is 1.87. The summed E-state index contributed by atoms with van der Waals surface area (Å²) in [6.07, 6.45) is 2.97. The Morgan fingerprint density at radius 1 is 1.21 bits per heavy atom. The van der Waals surface area contributed by atoms with Gasteiger partial charge in [-0.05, 0) is 12.0 Å². The highest BCUT2D eigenvalue weighted by Crippen LogP contribution is 2.20. The highest BCUT2D eigenvalue weighted by molar-refractivity contribution is 8.00. The Morgan fingerprint density at radius 2 is 2.07 bits per heavy atom. The third-order valence-corrected chi connectivity index (χ3v) is 3.84. The lowest BCUT2D eigenvalue weighted by atomic mass is 10.2. The molecule has 0 radical (unpaired) electrons. The van der Waals surface area contributed by atoms with Gasteiger partial charge in [0.25, 0.3) is 0 Å². The minimum absolute atomic E-state index is 1.11. The molecular weight excluding hydrogens is 210 g/mol. The molecule has 1 nitrogen and oxygen atoms in total. The molecule has 2 rings (SSSR count). The van der Waals surface area contributed by atoms with Crippen LogP contribution in [0.5, 0.6) is 0 Å². The van der Waals surface area contributed by atoms with Crippen LogP contribution >= 0.6 is 23.1 Å². The smallest absolute Gasteiger partial charge is 0.149 e. The molecule has 14 heavy (non-hydrogen) atoms. The molecular formula is C11H11NS2. The van der Waals surface area contributed by atoms with E-state index in [9.17, 15) is 0 Å². The van der Waals surface area contributed by atoms with E-state index in [0.29, 0.717) is 0 Å². The number of thiazole rings is 1. The molecule has 2 aromatic rings. The molecule has 0 saturated carbocycles. The van der Waals surface area contributed by atoms with Crippen molar-refractivity contribution in [2.24, 2.45) is 0 Å². The van der Waals surface area contributed by atoms with Crippen molar-refractivity contribution >= 4 is 23.1 Å². The number of aryl methyl sites for hydroxylation is 1. The second-order valence-electron chi connectivity index (χ2n) is 2.88. The Morgan fingerprint density at radius 3 is 2.79 bits per heavy atom. The zero-order valence-electron chi connectivity index (χ0n) is 7.72. The number of hydrogen-bond acceptors (Lipinski definition) is 3. The normalized spacial score (nSPS) is 10.3. The third kappa shape index (κ3) is 2.86. The molecule has 0 spiro atoms. The lowest BCUT2D eigenvalue weighted by molar-refractivity contribution is 1.15. The fraction of sp³-hybridized carbons (Fsp3) is 0.182. The average molecular weight is 221 g/mol. The van der Waals surface area contributed by atoms with Crippen LogP contribution in [0.2, 0.25) is 0 Å². The van der Waals surface area contributed by atoms with Crippen molar-refractivity contribution in [3.8, 4) is 0 Å². The van der Waals surface area contributed by atoms with Crippen LogP contribution in [-0.2, 0) is 6.42 Å². The largest absolute Gasteiger partial charge is 0.238 e. The number of nitrogens with zero attached hydrogens (tertiary/aromatic N) is 1. The average Bonchev–Trinajstić information content (AvgIpc) is 2.72. The first-order valence-corrected chi connectivity index (χ1v) is 6.38. The molecule has 0 aliphatic carbocycles. The van der Waals surface area contributed by atoms with E-state index in [1.807, 2.05) is 23.3 Å². The molecule has 0 fully saturated rings. The summed E-state index contributed by atoms with van der Waals surface area (Å²) >= 11 is 3.54. The van der Waals surface area contributed by atoms with Gasteiger partial charge in [-0.25, -0.2) is 4.98 Å². The van der Waals surface area contributed by atoms with E-state index >= 15 is 0 Å². The van der Waals surface area contributed by atoms with E-state index in [1.165, 1.54) is 9.90 Å². The quantitative estimate of drug-likeness (QED) is 0.733. The summed E-state index contributed by atoms with van der Waals surface area (Å²) in [6, 6.07) is 10.6. The number of aromatic nitrogens is 1. The molecule has 1 aromatic heterocycles. The lowest BCUT2D eigenvalue weighted by Crippen LogP contribution is -1.86. The standard InChI is InChI=1S/C11H11NS2/c1-2-4-10(5-3-1)6-8-13-11-12-7-9-14-11/h1-5,7,9H,6,8H2. The first-order chi connectivity index (χ1) is 6.95. The second-order valence-corrected chi connectivity index (χ2v) is 5.12. The van der Waals surface area contributed by atoms with E-state index in [1.54, 1.807) is 11.3 Å². The highest BCUT2D eigenvalue weighted by Gasteiger charge is 1.96. The van der Waals surface area contributed by atoms with Crippen LogP contribution in [0, 0.1) is 0 Å². The first kappa shape index (κ1) is 9.74. The van der Waals surface area contributed by atoms with E-state index in [2.05, 4.69) is 35.3 Å². The maximum absolute atomic E-state index is 4.23. The zero-order valence-corrected chi connectivity index (χ0v) is 9.35. The van der Waals surface area contributed by atoms with Crippen molar-refractivity contribution in [2.45, 2.75) is 10.8 Å². The van der Waals surface area contributed by atoms with Gasteiger partial charge in [-0.15, -0.1) is 11.3 Å². The van der Waals surface area contributed by atoms with Crippen LogP contribution in [0.1, 0.15) is 5.56 Å². The van der Waals surface area contributed by atoms with Gasteiger partial charge in [0.2, 0.25) is 0 Å². The topological polar surface area (TPSA) is 12.9 Å². The second kappa shape index (κ2) is 5.17. The predicted molar refractivity (Wildman–Crippen MR) is 63.0 cm³/mol. The van der Waals surface area contributed by atoms with Crippen LogP contribution in [-0.4, -0.2) is 10.7 Å². The fourth-order valence-corrected chi connectivity index (χ4v) is 2.88. The van der Waals surface area contributed by atoms with Crippen LogP contribution in [0.25, 0.3) is 0 Å². The summed E-state index contributed by atoms with van der Waals surface area (Å²) < 4.78 is 1.17. The van der Waals surface area contributed by atoms with Crippen molar-refractivity contribution in [3.63, 3.8) is 0 Å². The molecule has 0 N–H and O–H groups in total. The van der Waals surface area contributed by atoms with Crippen LogP contribution in [0.15, 0.2) is 46.2 Å². The predicted octanol–water partition coefficient (Wildman–Crippen LogP) is 3.48. The minimum atomic E-state index is 1.11. The minimum Gasteiger partial charge on any atom is -0.238 e. The van der Waals surface area contributed by atoms with Crippen molar-refractivity contribution in [2.75, 3.05) is 5.75 Å². The number of benzene rings is 1. The molecule has 3 heteroatoms. The van der Waals surface area contributed by atoms with Crippen molar-refractivity contribution in [1.82, 2.24) is 4.98 Å². The molecule has 72 valence electrons. The first-order valence-electron chi connectivity index (χ1n) is 4.51. The van der Waals surface area contributed by atoms with Crippen molar-refractivity contribution in [3.05, 3.63) is 47.5 Å². The van der Waals surface area contributed by atoms with Gasteiger partial charge in [-0.1, -0.05) is 42.1 Å². The Hall–Kier alpha value is -0.800. The summed E-state index contributed by atoms with van der Waals surface area (Å²) in [5, 5.41) is 2.02. The zero-order chi connectivity index (χ0) is 9.64. The Labute approximate surface area is 92.2 Å². The van der Waals surface area contributed by atoms with Gasteiger partial charge >= 0.3 is 0 Å². The summed E-state index contributed by atoms with van der Waals surface area (Å²) in [4.78, 5) is 4.23. The molecule has 0 aliphatic heterocycles. The van der Waals surface area contributed by atoms with Gasteiger partial charge < -0.3 is 0 Å². The van der Waals surface area contributed by atoms with Crippen LogP contribution < -0.4 is 0 Å². The molecule has 0 aliphatic rings. The summed E-state index contributed by atoms with van der Waals surface area (Å²) in [5.41, 5.74) is 1.40. The van der Waals surface area contributed by atoms with E-state index in [4.69, 9.17) is 0 Å². The van der Waals surface area contributed by atoms with Gasteiger partial charge in [0, 0.05) is 17.3 Å². The van der Waals surface area contributed by atoms with Crippen molar-refractivity contribution < 1.29 is 0 Å². The highest BCUT2D eigenvalue weighted by atomic mass is 32.2. The number of hydrogen-bond donors (Lipinski definition) is 0. The van der Waals surface area contributed by atoms with Gasteiger partial charge in [-0.3, -0.25) is 0 Å².